The maximum absolute atomic E-state index is 13.0. The van der Waals surface area contributed by atoms with E-state index < -0.39 is 5.82 Å². The molecule has 2 rings (SSSR count). The first-order valence-electron chi connectivity index (χ1n) is 6.01. The SMILES string of the molecule is O=C(NCC1CCSCC1)c1ccc(F)c(S)c1. The summed E-state index contributed by atoms with van der Waals surface area (Å²) in [6, 6.07) is 4.22. The molecule has 1 aliphatic rings. The van der Waals surface area contributed by atoms with Gasteiger partial charge in [-0.15, -0.1) is 12.6 Å². The number of benzene rings is 1. The van der Waals surface area contributed by atoms with Gasteiger partial charge in [0.05, 0.1) is 0 Å². The second-order valence-electron chi connectivity index (χ2n) is 4.43. The Morgan fingerprint density at radius 3 is 2.83 bits per heavy atom. The van der Waals surface area contributed by atoms with Gasteiger partial charge < -0.3 is 5.32 Å². The number of halogens is 1. The van der Waals surface area contributed by atoms with Crippen LogP contribution in [0.3, 0.4) is 0 Å². The van der Waals surface area contributed by atoms with E-state index in [9.17, 15) is 9.18 Å². The van der Waals surface area contributed by atoms with Crippen molar-refractivity contribution in [2.45, 2.75) is 17.7 Å². The summed E-state index contributed by atoms with van der Waals surface area (Å²) in [6.45, 7) is 0.707. The molecule has 0 radical (unpaired) electrons. The van der Waals surface area contributed by atoms with E-state index in [0.29, 0.717) is 18.0 Å². The fourth-order valence-electron chi connectivity index (χ4n) is 1.94. The van der Waals surface area contributed by atoms with Gasteiger partial charge in [-0.3, -0.25) is 4.79 Å². The third-order valence-corrected chi connectivity index (χ3v) is 4.49. The lowest BCUT2D eigenvalue weighted by Gasteiger charge is -2.21. The first kappa shape index (κ1) is 13.7. The monoisotopic (exact) mass is 285 g/mol. The van der Waals surface area contributed by atoms with Gasteiger partial charge in [0, 0.05) is 17.0 Å². The topological polar surface area (TPSA) is 29.1 Å². The highest BCUT2D eigenvalue weighted by Crippen LogP contribution is 2.22. The van der Waals surface area contributed by atoms with Crippen molar-refractivity contribution < 1.29 is 9.18 Å². The Labute approximate surface area is 116 Å². The van der Waals surface area contributed by atoms with Crippen LogP contribution in [0.4, 0.5) is 4.39 Å². The van der Waals surface area contributed by atoms with Crippen molar-refractivity contribution in [1.82, 2.24) is 5.32 Å². The van der Waals surface area contributed by atoms with Gasteiger partial charge in [0.2, 0.25) is 0 Å². The van der Waals surface area contributed by atoms with E-state index in [0.717, 1.165) is 12.8 Å². The minimum atomic E-state index is -0.404. The number of nitrogens with one attached hydrogen (secondary N) is 1. The van der Waals surface area contributed by atoms with Crippen LogP contribution in [0.15, 0.2) is 23.1 Å². The van der Waals surface area contributed by atoms with Crippen molar-refractivity contribution in [2.75, 3.05) is 18.1 Å². The van der Waals surface area contributed by atoms with Gasteiger partial charge in [-0.2, -0.15) is 11.8 Å². The van der Waals surface area contributed by atoms with Crippen LogP contribution in [0.1, 0.15) is 23.2 Å². The summed E-state index contributed by atoms with van der Waals surface area (Å²) in [7, 11) is 0. The van der Waals surface area contributed by atoms with Gasteiger partial charge in [0.15, 0.2) is 0 Å². The average Bonchev–Trinajstić information content (AvgIpc) is 2.40. The van der Waals surface area contributed by atoms with Crippen LogP contribution >= 0.6 is 24.4 Å². The summed E-state index contributed by atoms with van der Waals surface area (Å²) in [4.78, 5) is 12.1. The maximum Gasteiger partial charge on any atom is 0.251 e. The van der Waals surface area contributed by atoms with Crippen LogP contribution < -0.4 is 5.32 Å². The minimum Gasteiger partial charge on any atom is -0.352 e. The summed E-state index contributed by atoms with van der Waals surface area (Å²) < 4.78 is 13.0. The normalized spacial score (nSPS) is 16.6. The van der Waals surface area contributed by atoms with Crippen molar-refractivity contribution in [3.8, 4) is 0 Å². The van der Waals surface area contributed by atoms with Crippen LogP contribution in [0.2, 0.25) is 0 Å². The molecule has 1 N–H and O–H groups in total. The first-order chi connectivity index (χ1) is 8.66. The molecule has 1 heterocycles. The van der Waals surface area contributed by atoms with Crippen LogP contribution in [-0.2, 0) is 0 Å². The zero-order valence-corrected chi connectivity index (χ0v) is 11.7. The summed E-state index contributed by atoms with van der Waals surface area (Å²) in [5.74, 6) is 2.38. The number of amides is 1. The number of carbonyl (C=O) groups is 1. The molecule has 2 nitrogen and oxygen atoms in total. The molecular weight excluding hydrogens is 269 g/mol. The molecule has 1 saturated heterocycles. The number of hydrogen-bond acceptors (Lipinski definition) is 3. The largest absolute Gasteiger partial charge is 0.352 e. The summed E-state index contributed by atoms with van der Waals surface area (Å²) in [5, 5.41) is 2.91. The molecule has 0 bridgehead atoms. The molecule has 1 aromatic carbocycles. The smallest absolute Gasteiger partial charge is 0.251 e. The summed E-state index contributed by atoms with van der Waals surface area (Å²) >= 11 is 5.94. The summed E-state index contributed by atoms with van der Waals surface area (Å²) in [5.41, 5.74) is 0.464. The molecule has 0 aliphatic carbocycles. The molecule has 0 aromatic heterocycles. The maximum atomic E-state index is 13.0. The molecule has 1 fully saturated rings. The lowest BCUT2D eigenvalue weighted by atomic mass is 10.0. The van der Waals surface area contributed by atoms with E-state index in [2.05, 4.69) is 17.9 Å². The zero-order valence-electron chi connectivity index (χ0n) is 9.99. The van der Waals surface area contributed by atoms with Crippen LogP contribution in [0.25, 0.3) is 0 Å². The van der Waals surface area contributed by atoms with E-state index in [-0.39, 0.29) is 10.8 Å². The van der Waals surface area contributed by atoms with Crippen molar-refractivity contribution >= 4 is 30.3 Å². The Kier molecular flexibility index (Phi) is 4.95. The standard InChI is InChI=1S/C13H16FNOS2/c14-11-2-1-10(7-12(11)17)13(16)15-8-9-3-5-18-6-4-9/h1-2,7,9,17H,3-6,8H2,(H,15,16). The molecular formula is C13H16FNOS2. The molecule has 1 amide bonds. The number of hydrogen-bond donors (Lipinski definition) is 2. The van der Waals surface area contributed by atoms with Gasteiger partial charge in [0.1, 0.15) is 5.82 Å². The number of thiol groups is 1. The molecule has 0 unspecified atom stereocenters. The predicted molar refractivity (Wildman–Crippen MR) is 76.0 cm³/mol. The van der Waals surface area contributed by atoms with E-state index in [1.807, 2.05) is 11.8 Å². The molecule has 0 atom stereocenters. The Hall–Kier alpha value is -0.680. The van der Waals surface area contributed by atoms with Crippen molar-refractivity contribution in [2.24, 2.45) is 5.92 Å². The van der Waals surface area contributed by atoms with Gasteiger partial charge in [-0.05, 0) is 48.5 Å². The van der Waals surface area contributed by atoms with Gasteiger partial charge in [-0.25, -0.2) is 4.39 Å². The third-order valence-electron chi connectivity index (χ3n) is 3.10. The van der Waals surface area contributed by atoms with E-state index >= 15 is 0 Å². The Morgan fingerprint density at radius 1 is 1.44 bits per heavy atom. The summed E-state index contributed by atoms with van der Waals surface area (Å²) in [6.07, 6.45) is 2.32. The molecule has 18 heavy (non-hydrogen) atoms. The molecule has 0 saturated carbocycles. The van der Waals surface area contributed by atoms with Gasteiger partial charge in [-0.1, -0.05) is 0 Å². The highest BCUT2D eigenvalue weighted by Gasteiger charge is 2.15. The zero-order chi connectivity index (χ0) is 13.0. The molecule has 98 valence electrons. The highest BCUT2D eigenvalue weighted by atomic mass is 32.2. The molecule has 1 aliphatic heterocycles. The third kappa shape index (κ3) is 3.65. The Balaban J connectivity index is 1.88. The number of carbonyl (C=O) groups excluding carboxylic acids is 1. The van der Waals surface area contributed by atoms with Crippen molar-refractivity contribution in [3.63, 3.8) is 0 Å². The van der Waals surface area contributed by atoms with Gasteiger partial charge >= 0.3 is 0 Å². The molecule has 5 heteroatoms. The fraction of sp³-hybridized carbons (Fsp3) is 0.462. The molecule has 1 aromatic rings. The quantitative estimate of drug-likeness (QED) is 0.836. The number of rotatable bonds is 3. The lowest BCUT2D eigenvalue weighted by Crippen LogP contribution is -2.31. The Bertz CT molecular complexity index is 433. The number of thioether (sulfide) groups is 1. The molecule has 0 spiro atoms. The lowest BCUT2D eigenvalue weighted by molar-refractivity contribution is 0.0946. The van der Waals surface area contributed by atoms with Crippen LogP contribution in [0, 0.1) is 11.7 Å². The second-order valence-corrected chi connectivity index (χ2v) is 6.14. The minimum absolute atomic E-state index is 0.150. The predicted octanol–water partition coefficient (Wildman–Crippen LogP) is 2.99. The van der Waals surface area contributed by atoms with Crippen LogP contribution in [-0.4, -0.2) is 24.0 Å². The Morgan fingerprint density at radius 2 is 2.17 bits per heavy atom. The van der Waals surface area contributed by atoms with Crippen LogP contribution in [0.5, 0.6) is 0 Å². The van der Waals surface area contributed by atoms with E-state index in [4.69, 9.17) is 0 Å². The van der Waals surface area contributed by atoms with E-state index in [1.165, 1.54) is 29.7 Å². The van der Waals surface area contributed by atoms with E-state index in [1.54, 1.807) is 0 Å². The van der Waals surface area contributed by atoms with Crippen molar-refractivity contribution in [1.29, 1.82) is 0 Å². The fourth-order valence-corrected chi connectivity index (χ4v) is 3.36. The van der Waals surface area contributed by atoms with Crippen molar-refractivity contribution in [3.05, 3.63) is 29.6 Å². The first-order valence-corrected chi connectivity index (χ1v) is 7.61. The average molecular weight is 285 g/mol. The second kappa shape index (κ2) is 6.48. The van der Waals surface area contributed by atoms with Gasteiger partial charge in [0.25, 0.3) is 5.91 Å². The highest BCUT2D eigenvalue weighted by molar-refractivity contribution is 7.99.